The topological polar surface area (TPSA) is 65.6 Å². The molecule has 1 aromatic carbocycles. The second-order valence-electron chi connectivity index (χ2n) is 10.8. The number of nitrogens with zero attached hydrogens (tertiary/aromatic N) is 4. The number of piperazine rings is 1. The monoisotopic (exact) mass is 472 g/mol. The molecule has 3 heterocycles. The van der Waals surface area contributed by atoms with Gasteiger partial charge in [-0.3, -0.25) is 9.80 Å². The Morgan fingerprint density at radius 3 is 2.12 bits per heavy atom. The van der Waals surface area contributed by atoms with Gasteiger partial charge in [0.15, 0.2) is 0 Å². The van der Waals surface area contributed by atoms with E-state index in [0.29, 0.717) is 18.6 Å². The zero-order valence-corrected chi connectivity index (χ0v) is 20.9. The van der Waals surface area contributed by atoms with Crippen LogP contribution in [0.2, 0.25) is 0 Å². The average molecular weight is 473 g/mol. The highest BCUT2D eigenvalue weighted by Crippen LogP contribution is 2.24. The van der Waals surface area contributed by atoms with Crippen LogP contribution >= 0.6 is 0 Å². The van der Waals surface area contributed by atoms with Crippen molar-refractivity contribution in [2.75, 3.05) is 58.9 Å². The first-order valence-electron chi connectivity index (χ1n) is 12.7. The number of amides is 2. The van der Waals surface area contributed by atoms with Gasteiger partial charge >= 0.3 is 12.2 Å². The van der Waals surface area contributed by atoms with E-state index in [0.717, 1.165) is 77.3 Å². The van der Waals surface area contributed by atoms with Crippen LogP contribution in [-0.4, -0.2) is 102 Å². The molecule has 0 radical (unpaired) electrons. The van der Waals surface area contributed by atoms with Gasteiger partial charge in [0.1, 0.15) is 12.2 Å². The lowest BCUT2D eigenvalue weighted by Gasteiger charge is -2.49. The molecule has 0 spiro atoms. The van der Waals surface area contributed by atoms with E-state index in [1.54, 1.807) is 0 Å². The quantitative estimate of drug-likeness (QED) is 0.655. The minimum atomic E-state index is -0.436. The Labute approximate surface area is 203 Å². The molecule has 8 nitrogen and oxygen atoms in total. The summed E-state index contributed by atoms with van der Waals surface area (Å²) in [4.78, 5) is 33.4. The molecule has 3 aliphatic rings. The summed E-state index contributed by atoms with van der Waals surface area (Å²) in [5.41, 5.74) is 0.578. The third-order valence-electron chi connectivity index (χ3n) is 7.01. The van der Waals surface area contributed by atoms with Crippen LogP contribution in [0.1, 0.15) is 39.2 Å². The third-order valence-corrected chi connectivity index (χ3v) is 7.01. The average Bonchev–Trinajstić information content (AvgIpc) is 2.80. The Morgan fingerprint density at radius 2 is 1.50 bits per heavy atom. The third kappa shape index (κ3) is 6.85. The lowest BCUT2D eigenvalue weighted by Crippen LogP contribution is -2.64. The smallest absolute Gasteiger partial charge is 0.410 e. The Hall–Kier alpha value is -2.32. The second-order valence-corrected chi connectivity index (χ2v) is 10.8. The maximum atomic E-state index is 12.4. The molecular weight excluding hydrogens is 432 g/mol. The van der Waals surface area contributed by atoms with E-state index in [2.05, 4.69) is 9.80 Å². The highest BCUT2D eigenvalue weighted by Gasteiger charge is 2.36. The number of hydrogen-bond donors (Lipinski definition) is 0. The lowest BCUT2D eigenvalue weighted by atomic mass is 9.94. The van der Waals surface area contributed by atoms with E-state index < -0.39 is 5.60 Å². The molecule has 0 aromatic heterocycles. The Kier molecular flexibility index (Phi) is 7.99. The summed E-state index contributed by atoms with van der Waals surface area (Å²) < 4.78 is 11.0. The number of likely N-dealkylation sites (tertiary alicyclic amines) is 2. The van der Waals surface area contributed by atoms with Crippen molar-refractivity contribution >= 4 is 12.2 Å². The second kappa shape index (κ2) is 11.0. The van der Waals surface area contributed by atoms with Crippen LogP contribution in [0.5, 0.6) is 0 Å². The predicted octanol–water partition coefficient (Wildman–Crippen LogP) is 3.27. The van der Waals surface area contributed by atoms with Gasteiger partial charge in [0.2, 0.25) is 0 Å². The summed E-state index contributed by atoms with van der Waals surface area (Å²) in [5, 5.41) is 0. The van der Waals surface area contributed by atoms with Gasteiger partial charge < -0.3 is 19.3 Å². The van der Waals surface area contributed by atoms with Gasteiger partial charge in [0.25, 0.3) is 0 Å². The summed E-state index contributed by atoms with van der Waals surface area (Å²) in [6.07, 6.45) is 1.70. The van der Waals surface area contributed by atoms with Crippen molar-refractivity contribution in [2.45, 2.75) is 51.9 Å². The van der Waals surface area contributed by atoms with Crippen LogP contribution in [-0.2, 0) is 16.1 Å². The van der Waals surface area contributed by atoms with Crippen molar-refractivity contribution in [1.29, 1.82) is 0 Å². The fraction of sp³-hybridized carbons (Fsp3) is 0.692. The van der Waals surface area contributed by atoms with E-state index in [-0.39, 0.29) is 12.2 Å². The minimum absolute atomic E-state index is 0.182. The lowest BCUT2D eigenvalue weighted by molar-refractivity contribution is -0.0108. The van der Waals surface area contributed by atoms with Crippen LogP contribution in [0.4, 0.5) is 9.59 Å². The first-order valence-corrected chi connectivity index (χ1v) is 12.7. The van der Waals surface area contributed by atoms with Crippen molar-refractivity contribution in [3.8, 4) is 0 Å². The molecule has 188 valence electrons. The molecule has 0 unspecified atom stereocenters. The first kappa shape index (κ1) is 24.8. The van der Waals surface area contributed by atoms with E-state index in [1.807, 2.05) is 60.9 Å². The SMILES string of the molecule is CC(C)(C)OC(=O)N1CCC(CN2CC(N3CCN(C(=O)OCc4ccccc4)CC3)C2)CC1. The normalized spacial score (nSPS) is 21.3. The zero-order valence-electron chi connectivity index (χ0n) is 20.9. The fourth-order valence-corrected chi connectivity index (χ4v) is 4.99. The van der Waals surface area contributed by atoms with Gasteiger partial charge in [-0.05, 0) is 45.1 Å². The maximum absolute atomic E-state index is 12.4. The highest BCUT2D eigenvalue weighted by atomic mass is 16.6. The van der Waals surface area contributed by atoms with Crippen LogP contribution in [0, 0.1) is 5.92 Å². The van der Waals surface area contributed by atoms with Crippen LogP contribution in [0.3, 0.4) is 0 Å². The van der Waals surface area contributed by atoms with Crippen molar-refractivity contribution in [1.82, 2.24) is 19.6 Å². The molecule has 3 fully saturated rings. The van der Waals surface area contributed by atoms with Crippen LogP contribution < -0.4 is 0 Å². The number of ether oxygens (including phenoxy) is 2. The van der Waals surface area contributed by atoms with E-state index >= 15 is 0 Å². The molecule has 0 aliphatic carbocycles. The molecule has 0 saturated carbocycles. The predicted molar refractivity (Wildman–Crippen MR) is 131 cm³/mol. The molecule has 2 amide bonds. The van der Waals surface area contributed by atoms with Crippen LogP contribution in [0.25, 0.3) is 0 Å². The largest absolute Gasteiger partial charge is 0.445 e. The Balaban J connectivity index is 1.09. The Bertz CT molecular complexity index is 806. The number of rotatable bonds is 5. The van der Waals surface area contributed by atoms with Crippen molar-refractivity contribution in [3.63, 3.8) is 0 Å². The van der Waals surface area contributed by atoms with Crippen molar-refractivity contribution in [2.24, 2.45) is 5.92 Å². The standard InChI is InChI=1S/C26H40N4O4/c1-26(2,3)34-25(32)29-11-9-21(10-12-29)17-27-18-23(19-27)28-13-15-30(16-14-28)24(31)33-20-22-7-5-4-6-8-22/h4-8,21,23H,9-20H2,1-3H3. The summed E-state index contributed by atoms with van der Waals surface area (Å²) >= 11 is 0. The van der Waals surface area contributed by atoms with Crippen LogP contribution in [0.15, 0.2) is 30.3 Å². The molecule has 1 aromatic rings. The highest BCUT2D eigenvalue weighted by molar-refractivity contribution is 5.68. The number of carbonyl (C=O) groups excluding carboxylic acids is 2. The molecule has 8 heteroatoms. The molecule has 0 bridgehead atoms. The molecule has 0 N–H and O–H groups in total. The summed E-state index contributed by atoms with van der Waals surface area (Å²) in [5.74, 6) is 0.649. The van der Waals surface area contributed by atoms with Gasteiger partial charge in [-0.1, -0.05) is 30.3 Å². The van der Waals surface area contributed by atoms with Gasteiger partial charge in [-0.2, -0.15) is 0 Å². The number of piperidine rings is 1. The summed E-state index contributed by atoms with van der Waals surface area (Å²) in [6, 6.07) is 10.4. The Morgan fingerprint density at radius 1 is 0.882 bits per heavy atom. The molecule has 4 rings (SSSR count). The maximum Gasteiger partial charge on any atom is 0.410 e. The number of benzene rings is 1. The zero-order chi connectivity index (χ0) is 24.1. The summed E-state index contributed by atoms with van der Waals surface area (Å²) in [7, 11) is 0. The van der Waals surface area contributed by atoms with Gasteiger partial charge in [-0.25, -0.2) is 9.59 Å². The van der Waals surface area contributed by atoms with Gasteiger partial charge in [0, 0.05) is 64.9 Å². The molecule has 3 saturated heterocycles. The van der Waals surface area contributed by atoms with E-state index in [9.17, 15) is 9.59 Å². The summed E-state index contributed by atoms with van der Waals surface area (Å²) in [6.45, 7) is 14.2. The molecular formula is C26H40N4O4. The molecule has 3 aliphatic heterocycles. The van der Waals surface area contributed by atoms with E-state index in [1.165, 1.54) is 0 Å². The minimum Gasteiger partial charge on any atom is -0.445 e. The first-order chi connectivity index (χ1) is 16.3. The van der Waals surface area contributed by atoms with E-state index in [4.69, 9.17) is 9.47 Å². The molecule has 0 atom stereocenters. The van der Waals surface area contributed by atoms with Gasteiger partial charge in [-0.15, -0.1) is 0 Å². The van der Waals surface area contributed by atoms with Gasteiger partial charge in [0.05, 0.1) is 0 Å². The number of carbonyl (C=O) groups is 2. The van der Waals surface area contributed by atoms with Crippen molar-refractivity contribution in [3.05, 3.63) is 35.9 Å². The number of hydrogen-bond acceptors (Lipinski definition) is 6. The fourth-order valence-electron chi connectivity index (χ4n) is 4.99. The molecule has 34 heavy (non-hydrogen) atoms. The van der Waals surface area contributed by atoms with Crippen molar-refractivity contribution < 1.29 is 19.1 Å².